The summed E-state index contributed by atoms with van der Waals surface area (Å²) in [6.07, 6.45) is -2.31. The summed E-state index contributed by atoms with van der Waals surface area (Å²) in [4.78, 5) is 64.3. The number of nitrogens with zero attached hydrogens (tertiary/aromatic N) is 3. The molecule has 1 atom stereocenters. The van der Waals surface area contributed by atoms with Crippen molar-refractivity contribution in [2.24, 2.45) is 5.92 Å². The first kappa shape index (κ1) is 28.5. The second-order valence-electron chi connectivity index (χ2n) is 9.96. The number of fused-ring (bicyclic) bond motifs is 1. The third kappa shape index (κ3) is 6.56. The summed E-state index contributed by atoms with van der Waals surface area (Å²) in [5.74, 6) is -3.86. The quantitative estimate of drug-likeness (QED) is 0.463. The van der Waals surface area contributed by atoms with Gasteiger partial charge in [0.25, 0.3) is 11.8 Å². The highest BCUT2D eigenvalue weighted by Gasteiger charge is 2.44. The number of aliphatic carboxylic acids is 1. The number of amides is 4. The van der Waals surface area contributed by atoms with Crippen molar-refractivity contribution in [2.75, 3.05) is 50.7 Å². The van der Waals surface area contributed by atoms with Crippen molar-refractivity contribution >= 4 is 35.3 Å². The van der Waals surface area contributed by atoms with Crippen LogP contribution in [0.5, 0.6) is 0 Å². The number of carbonyl (C=O) groups is 5. The lowest BCUT2D eigenvalue weighted by atomic mass is 9.97. The van der Waals surface area contributed by atoms with Gasteiger partial charge in [0.1, 0.15) is 6.04 Å². The lowest BCUT2D eigenvalue weighted by molar-refractivity contribution is -0.192. The van der Waals surface area contributed by atoms with Crippen molar-refractivity contribution in [1.82, 2.24) is 20.4 Å². The lowest BCUT2D eigenvalue weighted by Gasteiger charge is -2.38. The summed E-state index contributed by atoms with van der Waals surface area (Å²) in [5.41, 5.74) is 1.60. The third-order valence-corrected chi connectivity index (χ3v) is 7.38. The smallest absolute Gasteiger partial charge is 0.475 e. The van der Waals surface area contributed by atoms with Crippen LogP contribution in [-0.4, -0.2) is 103 Å². The number of rotatable bonds is 4. The van der Waals surface area contributed by atoms with E-state index in [9.17, 15) is 32.3 Å². The molecule has 0 bridgehead atoms. The van der Waals surface area contributed by atoms with E-state index in [4.69, 9.17) is 9.90 Å². The highest BCUT2D eigenvalue weighted by molar-refractivity contribution is 6.23. The number of carbonyl (C=O) groups excluding carboxylic acids is 4. The van der Waals surface area contributed by atoms with Crippen molar-refractivity contribution < 1.29 is 42.3 Å². The molecular formula is C25H30F3N5O6. The summed E-state index contributed by atoms with van der Waals surface area (Å²) in [6, 6.07) is 4.44. The molecule has 0 aliphatic carbocycles. The summed E-state index contributed by atoms with van der Waals surface area (Å²) in [7, 11) is 0. The van der Waals surface area contributed by atoms with Gasteiger partial charge in [0.15, 0.2) is 0 Å². The zero-order chi connectivity index (χ0) is 28.3. The number of halogens is 3. The fourth-order valence-electron chi connectivity index (χ4n) is 5.27. The van der Waals surface area contributed by atoms with E-state index in [1.54, 1.807) is 12.1 Å². The van der Waals surface area contributed by atoms with Crippen LogP contribution in [0, 0.1) is 5.92 Å². The molecule has 5 rings (SSSR count). The molecule has 0 aromatic heterocycles. The molecule has 212 valence electrons. The molecule has 4 amide bonds. The number of piperazine rings is 1. The first-order valence-electron chi connectivity index (χ1n) is 12.8. The van der Waals surface area contributed by atoms with E-state index in [1.165, 1.54) is 12.8 Å². The Morgan fingerprint density at radius 3 is 2.15 bits per heavy atom. The zero-order valence-corrected chi connectivity index (χ0v) is 21.1. The third-order valence-electron chi connectivity index (χ3n) is 7.38. The second kappa shape index (κ2) is 11.7. The van der Waals surface area contributed by atoms with Gasteiger partial charge in [0.05, 0.1) is 11.1 Å². The van der Waals surface area contributed by atoms with Gasteiger partial charge >= 0.3 is 12.1 Å². The Balaban J connectivity index is 0.000000448. The highest BCUT2D eigenvalue weighted by atomic mass is 19.4. The largest absolute Gasteiger partial charge is 0.490 e. The normalized spacial score (nSPS) is 22.8. The standard InChI is InChI=1S/C23H29N5O4.C2HF3O2/c29-20-4-3-19(21(30)25-20)28-22(31)17-2-1-16(13-18(17)23(28)32)27-11-9-26(10-12-27)14-15-5-7-24-8-6-15;3-2(4,5)1(6)7/h1-2,13,15,19,24H,3-12,14H2,(H,25,29,30);(H,6,7). The number of imide groups is 2. The van der Waals surface area contributed by atoms with Gasteiger partial charge in [0.2, 0.25) is 11.8 Å². The van der Waals surface area contributed by atoms with Gasteiger partial charge in [-0.15, -0.1) is 0 Å². The molecule has 0 saturated carbocycles. The first-order valence-corrected chi connectivity index (χ1v) is 12.8. The number of alkyl halides is 3. The molecule has 4 aliphatic heterocycles. The van der Waals surface area contributed by atoms with E-state index in [0.717, 1.165) is 62.3 Å². The van der Waals surface area contributed by atoms with Crippen molar-refractivity contribution in [1.29, 1.82) is 0 Å². The maximum atomic E-state index is 13.1. The van der Waals surface area contributed by atoms with Crippen LogP contribution < -0.4 is 15.5 Å². The summed E-state index contributed by atoms with van der Waals surface area (Å²) >= 11 is 0. The van der Waals surface area contributed by atoms with Crippen molar-refractivity contribution in [3.63, 3.8) is 0 Å². The Morgan fingerprint density at radius 2 is 1.56 bits per heavy atom. The summed E-state index contributed by atoms with van der Waals surface area (Å²) in [6.45, 7) is 7.09. The molecule has 11 nitrogen and oxygen atoms in total. The highest BCUT2D eigenvalue weighted by Crippen LogP contribution is 2.31. The fraction of sp³-hybridized carbons (Fsp3) is 0.560. The second-order valence-corrected chi connectivity index (χ2v) is 9.96. The number of benzene rings is 1. The number of carboxylic acids is 1. The predicted molar refractivity (Wildman–Crippen MR) is 131 cm³/mol. The summed E-state index contributed by atoms with van der Waals surface area (Å²) < 4.78 is 31.7. The van der Waals surface area contributed by atoms with Gasteiger partial charge < -0.3 is 15.3 Å². The van der Waals surface area contributed by atoms with Gasteiger partial charge in [-0.1, -0.05) is 0 Å². The van der Waals surface area contributed by atoms with E-state index in [2.05, 4.69) is 20.4 Å². The minimum Gasteiger partial charge on any atom is -0.475 e. The van der Waals surface area contributed by atoms with Crippen LogP contribution in [0.15, 0.2) is 18.2 Å². The minimum absolute atomic E-state index is 0.122. The van der Waals surface area contributed by atoms with Gasteiger partial charge in [-0.3, -0.25) is 34.3 Å². The number of anilines is 1. The molecule has 3 saturated heterocycles. The molecule has 3 fully saturated rings. The van der Waals surface area contributed by atoms with Crippen LogP contribution in [0.4, 0.5) is 18.9 Å². The maximum absolute atomic E-state index is 13.1. The predicted octanol–water partition coefficient (Wildman–Crippen LogP) is 0.843. The molecule has 14 heteroatoms. The maximum Gasteiger partial charge on any atom is 0.490 e. The fourth-order valence-corrected chi connectivity index (χ4v) is 5.27. The van der Waals surface area contributed by atoms with Crippen LogP contribution in [0.1, 0.15) is 46.4 Å². The molecule has 1 aromatic carbocycles. The van der Waals surface area contributed by atoms with Crippen molar-refractivity contribution in [3.05, 3.63) is 29.3 Å². The van der Waals surface area contributed by atoms with Crippen LogP contribution in [0.3, 0.4) is 0 Å². The van der Waals surface area contributed by atoms with Gasteiger partial charge in [-0.2, -0.15) is 13.2 Å². The molecule has 1 unspecified atom stereocenters. The van der Waals surface area contributed by atoms with E-state index < -0.39 is 35.9 Å². The van der Waals surface area contributed by atoms with Crippen molar-refractivity contribution in [2.45, 2.75) is 37.9 Å². The Hall–Kier alpha value is -3.52. The van der Waals surface area contributed by atoms with E-state index in [1.807, 2.05) is 6.07 Å². The number of piperidine rings is 2. The van der Waals surface area contributed by atoms with E-state index in [0.29, 0.717) is 11.1 Å². The van der Waals surface area contributed by atoms with Crippen molar-refractivity contribution in [3.8, 4) is 0 Å². The Labute approximate surface area is 222 Å². The Bertz CT molecular complexity index is 1150. The SMILES string of the molecule is O=C(O)C(F)(F)F.O=C1CCC(N2C(=O)c3ccc(N4CCN(CC5CCNCC5)CC4)cc3C2=O)C(=O)N1. The van der Waals surface area contributed by atoms with Crippen LogP contribution in [-0.2, 0) is 14.4 Å². The summed E-state index contributed by atoms with van der Waals surface area (Å²) in [5, 5.41) is 12.8. The molecule has 39 heavy (non-hydrogen) atoms. The molecule has 4 aliphatic rings. The molecular weight excluding hydrogens is 523 g/mol. The minimum atomic E-state index is -5.08. The zero-order valence-electron chi connectivity index (χ0n) is 21.1. The molecule has 0 spiro atoms. The van der Waals surface area contributed by atoms with Gasteiger partial charge in [0, 0.05) is 44.8 Å². The lowest BCUT2D eigenvalue weighted by Crippen LogP contribution is -2.54. The first-order chi connectivity index (χ1) is 18.5. The van der Waals surface area contributed by atoms with E-state index in [-0.39, 0.29) is 18.7 Å². The number of hydrogen-bond donors (Lipinski definition) is 3. The topological polar surface area (TPSA) is 139 Å². The molecule has 1 aromatic rings. The van der Waals surface area contributed by atoms with Crippen LogP contribution >= 0.6 is 0 Å². The van der Waals surface area contributed by atoms with Crippen LogP contribution in [0.25, 0.3) is 0 Å². The van der Waals surface area contributed by atoms with Gasteiger partial charge in [-0.25, -0.2) is 4.79 Å². The van der Waals surface area contributed by atoms with E-state index >= 15 is 0 Å². The molecule has 4 heterocycles. The van der Waals surface area contributed by atoms with Gasteiger partial charge in [-0.05, 0) is 56.5 Å². The average molecular weight is 554 g/mol. The number of carboxylic acid groups (broad SMARTS) is 1. The monoisotopic (exact) mass is 553 g/mol. The Kier molecular flexibility index (Phi) is 8.54. The molecule has 0 radical (unpaired) electrons. The van der Waals surface area contributed by atoms with Crippen LogP contribution in [0.2, 0.25) is 0 Å². The molecule has 3 N–H and O–H groups in total. The average Bonchev–Trinajstić information content (AvgIpc) is 3.14. The number of nitrogens with one attached hydrogen (secondary N) is 2. The number of hydrogen-bond acceptors (Lipinski definition) is 8. The Morgan fingerprint density at radius 1 is 0.949 bits per heavy atom.